The van der Waals surface area contributed by atoms with Gasteiger partial charge in [0.2, 0.25) is 0 Å². The topological polar surface area (TPSA) is 34.0 Å². The molecular formula is C15H10ClIN2O. The Balaban J connectivity index is 2.00. The number of rotatable bonds is 2. The van der Waals surface area contributed by atoms with E-state index in [0.29, 0.717) is 16.3 Å². The average molecular weight is 397 g/mol. The lowest BCUT2D eigenvalue weighted by molar-refractivity contribution is 0.102. The molecule has 0 spiro atoms. The van der Waals surface area contributed by atoms with Gasteiger partial charge in [0, 0.05) is 11.6 Å². The molecule has 1 N–H and O–H groups in total. The van der Waals surface area contributed by atoms with Gasteiger partial charge >= 0.3 is 0 Å². The highest BCUT2D eigenvalue weighted by molar-refractivity contribution is 14.1. The van der Waals surface area contributed by atoms with E-state index in [9.17, 15) is 4.79 Å². The third kappa shape index (κ3) is 2.41. The Morgan fingerprint density at radius 3 is 2.60 bits per heavy atom. The summed E-state index contributed by atoms with van der Waals surface area (Å²) >= 11 is 8.22. The maximum absolute atomic E-state index is 12.4. The molecule has 3 rings (SSSR count). The van der Waals surface area contributed by atoms with Crippen molar-refractivity contribution in [3.63, 3.8) is 0 Å². The van der Waals surface area contributed by atoms with E-state index in [0.717, 1.165) is 10.9 Å². The molecule has 1 amide bonds. The molecule has 0 aliphatic carbocycles. The number of nitrogens with one attached hydrogen (secondary N) is 1. The van der Waals surface area contributed by atoms with Crippen LogP contribution >= 0.6 is 34.5 Å². The zero-order valence-electron chi connectivity index (χ0n) is 10.3. The number of nitrogens with zero attached hydrogens (tertiary/aromatic N) is 1. The largest absolute Gasteiger partial charge is 0.321 e. The summed E-state index contributed by atoms with van der Waals surface area (Å²) in [4.78, 5) is 12.4. The number of hydrogen-bond acceptors (Lipinski definition) is 1. The van der Waals surface area contributed by atoms with Gasteiger partial charge in [0.1, 0.15) is 0 Å². The van der Waals surface area contributed by atoms with E-state index in [4.69, 9.17) is 11.6 Å². The van der Waals surface area contributed by atoms with Crippen LogP contribution in [-0.4, -0.2) is 8.69 Å². The Kier molecular flexibility index (Phi) is 3.67. The van der Waals surface area contributed by atoms with Crippen molar-refractivity contribution in [3.05, 3.63) is 65.3 Å². The lowest BCUT2D eigenvalue weighted by Gasteiger charge is -2.05. The van der Waals surface area contributed by atoms with Gasteiger partial charge in [-0.05, 0) is 18.2 Å². The minimum absolute atomic E-state index is 0.162. The fourth-order valence-electron chi connectivity index (χ4n) is 2.07. The molecule has 0 aliphatic rings. The fraction of sp³-hybridized carbons (Fsp3) is 0. The van der Waals surface area contributed by atoms with E-state index in [1.807, 2.05) is 45.4 Å². The SMILES string of the molecule is O=C(Nc1ccccc1Cl)c1cn(I)c2ccccc12. The van der Waals surface area contributed by atoms with Crippen LogP contribution in [0.25, 0.3) is 10.9 Å². The molecule has 0 saturated heterocycles. The molecule has 20 heavy (non-hydrogen) atoms. The van der Waals surface area contributed by atoms with E-state index in [1.54, 1.807) is 12.1 Å². The summed E-state index contributed by atoms with van der Waals surface area (Å²) in [6, 6.07) is 15.0. The second kappa shape index (κ2) is 5.46. The van der Waals surface area contributed by atoms with Gasteiger partial charge < -0.3 is 5.32 Å². The van der Waals surface area contributed by atoms with Gasteiger partial charge in [-0.2, -0.15) is 0 Å². The van der Waals surface area contributed by atoms with Gasteiger partial charge in [0.25, 0.3) is 5.91 Å². The number of halogens is 2. The van der Waals surface area contributed by atoms with Gasteiger partial charge in [-0.3, -0.25) is 7.58 Å². The number of aromatic nitrogens is 1. The Hall–Kier alpha value is -1.53. The number of amides is 1. The number of para-hydroxylation sites is 2. The Morgan fingerprint density at radius 2 is 1.80 bits per heavy atom. The first kappa shape index (κ1) is 13.5. The average Bonchev–Trinajstić information content (AvgIpc) is 2.79. The number of carbonyl (C=O) groups is 1. The summed E-state index contributed by atoms with van der Waals surface area (Å²) in [6.07, 6.45) is 1.82. The van der Waals surface area contributed by atoms with E-state index in [-0.39, 0.29) is 5.91 Å². The van der Waals surface area contributed by atoms with Gasteiger partial charge in [-0.15, -0.1) is 0 Å². The summed E-state index contributed by atoms with van der Waals surface area (Å²) in [6.45, 7) is 0. The first-order chi connectivity index (χ1) is 9.66. The Bertz CT molecular complexity index is 797. The van der Waals surface area contributed by atoms with Crippen LogP contribution in [0.1, 0.15) is 10.4 Å². The van der Waals surface area contributed by atoms with Gasteiger partial charge in [-0.25, -0.2) is 0 Å². The van der Waals surface area contributed by atoms with Crippen molar-refractivity contribution in [2.75, 3.05) is 5.32 Å². The van der Waals surface area contributed by atoms with Crippen LogP contribution in [0.5, 0.6) is 0 Å². The molecule has 5 heteroatoms. The smallest absolute Gasteiger partial charge is 0.257 e. The molecule has 1 heterocycles. The molecule has 2 aromatic carbocycles. The summed E-state index contributed by atoms with van der Waals surface area (Å²) in [5.74, 6) is -0.162. The van der Waals surface area contributed by atoms with Crippen molar-refractivity contribution in [1.82, 2.24) is 2.78 Å². The van der Waals surface area contributed by atoms with Crippen LogP contribution < -0.4 is 5.32 Å². The van der Waals surface area contributed by atoms with Crippen LogP contribution in [0.2, 0.25) is 5.02 Å². The minimum Gasteiger partial charge on any atom is -0.321 e. The van der Waals surface area contributed by atoms with E-state index >= 15 is 0 Å². The minimum atomic E-state index is -0.162. The predicted octanol–water partition coefficient (Wildman–Crippen LogP) is 4.75. The molecule has 3 nitrogen and oxygen atoms in total. The monoisotopic (exact) mass is 396 g/mol. The molecule has 0 saturated carbocycles. The quantitative estimate of drug-likeness (QED) is 0.624. The second-order valence-electron chi connectivity index (χ2n) is 4.31. The summed E-state index contributed by atoms with van der Waals surface area (Å²) in [5, 5.41) is 4.29. The summed E-state index contributed by atoms with van der Waals surface area (Å²) in [7, 11) is 0. The standard InChI is InChI=1S/C15H10ClIN2O/c16-12-6-2-3-7-13(12)18-15(20)11-9-19(17)14-8-4-1-5-10(11)14/h1-9H,(H,18,20). The molecule has 3 aromatic rings. The second-order valence-corrected chi connectivity index (χ2v) is 5.75. The summed E-state index contributed by atoms with van der Waals surface area (Å²) < 4.78 is 1.91. The first-order valence-electron chi connectivity index (χ1n) is 5.99. The van der Waals surface area contributed by atoms with Crippen molar-refractivity contribution < 1.29 is 4.79 Å². The van der Waals surface area contributed by atoms with Gasteiger partial charge in [-0.1, -0.05) is 41.9 Å². The molecule has 0 unspecified atom stereocenters. The van der Waals surface area contributed by atoms with E-state index in [2.05, 4.69) is 28.2 Å². The molecule has 0 atom stereocenters. The molecular weight excluding hydrogens is 387 g/mol. The number of hydrogen-bond donors (Lipinski definition) is 1. The zero-order chi connectivity index (χ0) is 14.1. The van der Waals surface area contributed by atoms with Crippen molar-refractivity contribution in [1.29, 1.82) is 0 Å². The number of anilines is 1. The van der Waals surface area contributed by atoms with E-state index < -0.39 is 0 Å². The van der Waals surface area contributed by atoms with Crippen LogP contribution in [0.4, 0.5) is 5.69 Å². The van der Waals surface area contributed by atoms with Crippen molar-refractivity contribution >= 4 is 57.0 Å². The zero-order valence-corrected chi connectivity index (χ0v) is 13.2. The lowest BCUT2D eigenvalue weighted by atomic mass is 10.1. The van der Waals surface area contributed by atoms with Crippen molar-refractivity contribution in [2.45, 2.75) is 0 Å². The highest BCUT2D eigenvalue weighted by Gasteiger charge is 2.14. The maximum atomic E-state index is 12.4. The molecule has 0 bridgehead atoms. The maximum Gasteiger partial charge on any atom is 0.257 e. The van der Waals surface area contributed by atoms with Gasteiger partial charge in [0.05, 0.1) is 44.7 Å². The molecule has 100 valence electrons. The van der Waals surface area contributed by atoms with Crippen LogP contribution in [0, 0.1) is 0 Å². The van der Waals surface area contributed by atoms with Crippen molar-refractivity contribution in [2.24, 2.45) is 0 Å². The fourth-order valence-corrected chi connectivity index (χ4v) is 2.96. The third-order valence-electron chi connectivity index (χ3n) is 3.03. The molecule has 1 aromatic heterocycles. The Labute approximate surface area is 135 Å². The molecule has 0 aliphatic heterocycles. The van der Waals surface area contributed by atoms with Crippen LogP contribution in [0.3, 0.4) is 0 Å². The highest BCUT2D eigenvalue weighted by Crippen LogP contribution is 2.26. The highest BCUT2D eigenvalue weighted by atomic mass is 127. The normalized spacial score (nSPS) is 10.7. The Morgan fingerprint density at radius 1 is 1.10 bits per heavy atom. The molecule has 0 radical (unpaired) electrons. The molecule has 0 fully saturated rings. The lowest BCUT2D eigenvalue weighted by Crippen LogP contribution is -2.11. The first-order valence-corrected chi connectivity index (χ1v) is 7.33. The number of fused-ring (bicyclic) bond motifs is 1. The van der Waals surface area contributed by atoms with Crippen molar-refractivity contribution in [3.8, 4) is 0 Å². The third-order valence-corrected chi connectivity index (χ3v) is 4.16. The van der Waals surface area contributed by atoms with E-state index in [1.165, 1.54) is 0 Å². The predicted molar refractivity (Wildman–Crippen MR) is 90.8 cm³/mol. The van der Waals surface area contributed by atoms with Crippen LogP contribution in [-0.2, 0) is 0 Å². The van der Waals surface area contributed by atoms with Gasteiger partial charge in [0.15, 0.2) is 0 Å². The number of carbonyl (C=O) groups excluding carboxylic acids is 1. The van der Waals surface area contributed by atoms with Crippen LogP contribution in [0.15, 0.2) is 54.7 Å². The summed E-state index contributed by atoms with van der Waals surface area (Å²) in [5.41, 5.74) is 2.26. The number of benzene rings is 2.